The average molecular weight is 622 g/mol. The third-order valence-electron chi connectivity index (χ3n) is 5.98. The molecule has 1 saturated heterocycles. The number of rotatable bonds is 11. The van der Waals surface area contributed by atoms with Crippen LogP contribution in [0.4, 0.5) is 17.6 Å². The molecule has 4 atom stereocenters. The fourth-order valence-electron chi connectivity index (χ4n) is 3.79. The first-order valence-corrected chi connectivity index (χ1v) is 14.2. The predicted molar refractivity (Wildman–Crippen MR) is 139 cm³/mol. The third kappa shape index (κ3) is 6.41. The summed E-state index contributed by atoms with van der Waals surface area (Å²) in [7, 11) is 2.88. The Morgan fingerprint density at radius 2 is 1.51 bits per heavy atom. The molecular formula is C24H23F4N2O9PS. The molecule has 0 bridgehead atoms. The lowest BCUT2D eigenvalue weighted by Gasteiger charge is -2.32. The monoisotopic (exact) mass is 622 g/mol. The van der Waals surface area contributed by atoms with Crippen LogP contribution in [0.15, 0.2) is 64.3 Å². The maximum absolute atomic E-state index is 15.1. The van der Waals surface area contributed by atoms with Gasteiger partial charge in [0.15, 0.2) is 18.0 Å². The van der Waals surface area contributed by atoms with Gasteiger partial charge in [0.25, 0.3) is 12.0 Å². The van der Waals surface area contributed by atoms with E-state index >= 15 is 4.39 Å². The van der Waals surface area contributed by atoms with Gasteiger partial charge in [0, 0.05) is 11.8 Å². The minimum atomic E-state index is -4.08. The number of nitrogens with one attached hydrogen (secondary N) is 1. The summed E-state index contributed by atoms with van der Waals surface area (Å²) in [6.45, 7) is -5.36. The number of alkyl halides is 3. The number of halogens is 4. The van der Waals surface area contributed by atoms with Crippen LogP contribution in [0.1, 0.15) is 6.23 Å². The number of hydrogen-bond donors (Lipinski definition) is 2. The first kappa shape index (κ1) is 30.5. The predicted octanol–water partition coefficient (Wildman–Crippen LogP) is 3.32. The van der Waals surface area contributed by atoms with E-state index in [4.69, 9.17) is 39.6 Å². The Balaban J connectivity index is 1.65. The Labute approximate surface area is 234 Å². The topological polar surface area (TPSA) is 130 Å². The van der Waals surface area contributed by atoms with Crippen molar-refractivity contribution in [1.29, 1.82) is 0 Å². The van der Waals surface area contributed by atoms with Gasteiger partial charge in [0.2, 0.25) is 5.82 Å². The van der Waals surface area contributed by atoms with Crippen molar-refractivity contribution in [2.24, 2.45) is 0 Å². The fraction of sp³-hybridized carbons (Fsp3) is 0.333. The Kier molecular flexibility index (Phi) is 9.09. The standard InChI is InChI=1S/C24H23F4N2O9PS/c1-34-13-3-7-15(8-4-13)38-40(41,39-16-9-5-14(35-2)6-10-16)36-12-24(22(27)28)19(31)18(26)21(37-24)30-11-17(25)20(32)29-23(30)33/h3-11,18-19,21-22,31H,12H2,1-2H3,(H,29,32,33)/t18-,19-,21+,24+/m0/s1. The Morgan fingerprint density at radius 3 is 1.98 bits per heavy atom. The number of aliphatic hydroxyl groups excluding tert-OH is 1. The molecule has 2 heterocycles. The van der Waals surface area contributed by atoms with E-state index in [0.29, 0.717) is 11.5 Å². The molecule has 0 amide bonds. The molecule has 0 unspecified atom stereocenters. The van der Waals surface area contributed by atoms with E-state index in [2.05, 4.69) is 0 Å². The highest BCUT2D eigenvalue weighted by Crippen LogP contribution is 2.53. The van der Waals surface area contributed by atoms with Gasteiger partial charge >= 0.3 is 12.4 Å². The van der Waals surface area contributed by atoms with Crippen molar-refractivity contribution in [2.45, 2.75) is 30.5 Å². The average Bonchev–Trinajstić information content (AvgIpc) is 3.21. The highest BCUT2D eigenvalue weighted by Gasteiger charge is 2.62. The van der Waals surface area contributed by atoms with Gasteiger partial charge in [-0.25, -0.2) is 18.0 Å². The number of aromatic amines is 1. The van der Waals surface area contributed by atoms with E-state index < -0.39 is 60.9 Å². The summed E-state index contributed by atoms with van der Waals surface area (Å²) in [5, 5.41) is 10.5. The number of ether oxygens (including phenoxy) is 3. The van der Waals surface area contributed by atoms with Gasteiger partial charge in [-0.1, -0.05) is 0 Å². The van der Waals surface area contributed by atoms with E-state index in [9.17, 15) is 27.9 Å². The zero-order valence-electron chi connectivity index (χ0n) is 21.2. The number of methoxy groups -OCH3 is 2. The summed E-state index contributed by atoms with van der Waals surface area (Å²) < 4.78 is 90.5. The van der Waals surface area contributed by atoms with Crippen molar-refractivity contribution in [3.63, 3.8) is 0 Å². The molecule has 1 aliphatic rings. The van der Waals surface area contributed by atoms with Crippen LogP contribution in [0.25, 0.3) is 0 Å². The molecule has 2 N–H and O–H groups in total. The zero-order valence-corrected chi connectivity index (χ0v) is 23.0. The number of nitrogens with zero attached hydrogens (tertiary/aromatic N) is 1. The van der Waals surface area contributed by atoms with Gasteiger partial charge in [0.05, 0.1) is 27.0 Å². The molecule has 2 aromatic carbocycles. The molecule has 0 radical (unpaired) electrons. The van der Waals surface area contributed by atoms with Crippen LogP contribution in [0.3, 0.4) is 0 Å². The summed E-state index contributed by atoms with van der Waals surface area (Å²) in [5.41, 5.74) is -5.90. The smallest absolute Gasteiger partial charge is 0.435 e. The van der Waals surface area contributed by atoms with Gasteiger partial charge in [-0.15, -0.1) is 0 Å². The van der Waals surface area contributed by atoms with Gasteiger partial charge in [-0.05, 0) is 48.5 Å². The summed E-state index contributed by atoms with van der Waals surface area (Å²) in [5.74, 6) is -0.389. The number of benzene rings is 2. The van der Waals surface area contributed by atoms with Crippen LogP contribution in [0, 0.1) is 5.82 Å². The minimum Gasteiger partial charge on any atom is -0.497 e. The van der Waals surface area contributed by atoms with Crippen molar-refractivity contribution in [1.82, 2.24) is 9.55 Å². The number of aromatic nitrogens is 2. The van der Waals surface area contributed by atoms with Crippen LogP contribution < -0.4 is 29.8 Å². The maximum Gasteiger partial charge on any atom is 0.435 e. The molecule has 4 rings (SSSR count). The second-order valence-corrected chi connectivity index (χ2v) is 11.4. The van der Waals surface area contributed by atoms with Crippen molar-refractivity contribution in [3.05, 3.63) is 81.4 Å². The lowest BCUT2D eigenvalue weighted by atomic mass is 9.97. The molecular weight excluding hydrogens is 599 g/mol. The highest BCUT2D eigenvalue weighted by atomic mass is 32.5. The SMILES string of the molecule is COc1ccc(OP(=S)(OC[C@@]2(C(F)F)O[C@@H](n3cc(F)c(=O)[nH]c3=O)[C@@H](F)[C@@H]2O)Oc2ccc(OC)cc2)cc1. The first-order valence-electron chi connectivity index (χ1n) is 11.6. The lowest BCUT2D eigenvalue weighted by molar-refractivity contribution is -0.192. The second kappa shape index (κ2) is 12.2. The Morgan fingerprint density at radius 1 is 1.02 bits per heavy atom. The molecule has 17 heteroatoms. The van der Waals surface area contributed by atoms with Gasteiger partial charge in [-0.3, -0.25) is 18.9 Å². The van der Waals surface area contributed by atoms with E-state index in [0.717, 1.165) is 0 Å². The van der Waals surface area contributed by atoms with Crippen molar-refractivity contribution >= 4 is 18.5 Å². The molecule has 1 fully saturated rings. The molecule has 1 aliphatic heterocycles. The van der Waals surface area contributed by atoms with Crippen LogP contribution >= 0.6 is 6.72 Å². The van der Waals surface area contributed by atoms with Gasteiger partial charge in [0.1, 0.15) is 29.1 Å². The molecule has 222 valence electrons. The van der Waals surface area contributed by atoms with Crippen molar-refractivity contribution in [3.8, 4) is 23.0 Å². The molecule has 1 aromatic heterocycles. The van der Waals surface area contributed by atoms with E-state index in [1.807, 2.05) is 0 Å². The first-order chi connectivity index (χ1) is 19.4. The molecule has 0 saturated carbocycles. The molecule has 0 aliphatic carbocycles. The summed E-state index contributed by atoms with van der Waals surface area (Å²) in [6.07, 6.45) is -10.9. The summed E-state index contributed by atoms with van der Waals surface area (Å²) in [6, 6.07) is 11.8. The van der Waals surface area contributed by atoms with Gasteiger partial charge < -0.3 is 28.4 Å². The molecule has 3 aromatic rings. The minimum absolute atomic E-state index is 0.0955. The van der Waals surface area contributed by atoms with Crippen LogP contribution in [-0.4, -0.2) is 59.8 Å². The second-order valence-electron chi connectivity index (χ2n) is 8.55. The number of aliphatic hydroxyl groups is 1. The highest BCUT2D eigenvalue weighted by molar-refractivity contribution is 8.07. The molecule has 11 nitrogen and oxygen atoms in total. The Hall–Kier alpha value is -3.43. The Bertz CT molecular complexity index is 1470. The van der Waals surface area contributed by atoms with Crippen molar-refractivity contribution < 1.29 is 50.5 Å². The van der Waals surface area contributed by atoms with Crippen LogP contribution in [-0.2, 0) is 21.1 Å². The van der Waals surface area contributed by atoms with E-state index in [-0.39, 0.29) is 22.3 Å². The lowest BCUT2D eigenvalue weighted by Crippen LogP contribution is -2.52. The normalized spacial score (nSPS) is 22.5. The molecule has 0 spiro atoms. The van der Waals surface area contributed by atoms with Crippen LogP contribution in [0.2, 0.25) is 0 Å². The largest absolute Gasteiger partial charge is 0.497 e. The fourth-order valence-corrected chi connectivity index (χ4v) is 5.73. The maximum atomic E-state index is 15.1. The zero-order chi connectivity index (χ0) is 29.9. The van der Waals surface area contributed by atoms with Crippen molar-refractivity contribution in [2.75, 3.05) is 20.8 Å². The molecule has 41 heavy (non-hydrogen) atoms. The summed E-state index contributed by atoms with van der Waals surface area (Å²) >= 11 is 5.46. The summed E-state index contributed by atoms with van der Waals surface area (Å²) in [4.78, 5) is 25.1. The number of H-pyrrole nitrogens is 1. The third-order valence-corrected chi connectivity index (χ3v) is 8.06. The van der Waals surface area contributed by atoms with Crippen LogP contribution in [0.5, 0.6) is 23.0 Å². The van der Waals surface area contributed by atoms with E-state index in [1.165, 1.54) is 62.8 Å². The van der Waals surface area contributed by atoms with Gasteiger partial charge in [-0.2, -0.15) is 4.39 Å². The van der Waals surface area contributed by atoms with E-state index in [1.54, 1.807) is 4.98 Å². The number of hydrogen-bond acceptors (Lipinski definition) is 10. The quantitative estimate of drug-likeness (QED) is 0.243.